The van der Waals surface area contributed by atoms with Crippen LogP contribution in [-0.4, -0.2) is 33.3 Å². The van der Waals surface area contributed by atoms with Gasteiger partial charge in [-0.15, -0.1) is 0 Å². The van der Waals surface area contributed by atoms with Crippen molar-refractivity contribution in [1.82, 2.24) is 9.97 Å². The van der Waals surface area contributed by atoms with Crippen molar-refractivity contribution in [2.45, 2.75) is 25.4 Å². The molecule has 1 aromatic rings. The molecule has 6 N–H and O–H groups in total. The number of nitrogens with zero attached hydrogens (tertiary/aromatic N) is 1. The first-order chi connectivity index (χ1) is 7.46. The van der Waals surface area contributed by atoms with Crippen LogP contribution in [0.15, 0.2) is 4.79 Å². The Kier molecular flexibility index (Phi) is 2.27. The molecule has 88 valence electrons. The van der Waals surface area contributed by atoms with Crippen LogP contribution in [0.4, 0.5) is 17.5 Å². The minimum absolute atomic E-state index is 0.0490. The molecule has 0 aliphatic carbocycles. The van der Waals surface area contributed by atoms with E-state index in [0.29, 0.717) is 11.5 Å². The summed E-state index contributed by atoms with van der Waals surface area (Å²) < 4.78 is 0. The third kappa shape index (κ3) is 1.49. The van der Waals surface area contributed by atoms with Crippen molar-refractivity contribution in [1.29, 1.82) is 0 Å². The molecule has 0 saturated carbocycles. The third-order valence-electron chi connectivity index (χ3n) is 2.99. The summed E-state index contributed by atoms with van der Waals surface area (Å²) in [7, 11) is 0. The molecule has 2 rings (SSSR count). The molecule has 0 aromatic carbocycles. The second-order valence-electron chi connectivity index (χ2n) is 4.24. The summed E-state index contributed by atoms with van der Waals surface area (Å²) in [5.74, 6) is 0.420. The number of aromatic amines is 1. The Bertz CT molecular complexity index is 471. The molecule has 16 heavy (non-hydrogen) atoms. The SMILES string of the molecule is CC1Nc2c(nc(N)[nH]c2=O)NC1(C)CO. The van der Waals surface area contributed by atoms with Crippen LogP contribution >= 0.6 is 0 Å². The Labute approximate surface area is 92.1 Å². The predicted octanol–water partition coefficient (Wildman–Crippen LogP) is -0.671. The first kappa shape index (κ1) is 10.7. The van der Waals surface area contributed by atoms with Crippen molar-refractivity contribution < 1.29 is 5.11 Å². The quantitative estimate of drug-likeness (QED) is 0.433. The summed E-state index contributed by atoms with van der Waals surface area (Å²) in [4.78, 5) is 18.0. The number of hydrogen-bond acceptors (Lipinski definition) is 6. The van der Waals surface area contributed by atoms with Crippen LogP contribution in [0.2, 0.25) is 0 Å². The Morgan fingerprint density at radius 2 is 2.31 bits per heavy atom. The van der Waals surface area contributed by atoms with Gasteiger partial charge in [-0.2, -0.15) is 4.98 Å². The first-order valence-corrected chi connectivity index (χ1v) is 5.01. The average Bonchev–Trinajstić information content (AvgIpc) is 2.21. The number of aromatic nitrogens is 2. The van der Waals surface area contributed by atoms with Crippen molar-refractivity contribution >= 4 is 17.5 Å². The van der Waals surface area contributed by atoms with Gasteiger partial charge in [0.2, 0.25) is 5.95 Å². The normalized spacial score (nSPS) is 27.8. The van der Waals surface area contributed by atoms with Crippen LogP contribution < -0.4 is 21.9 Å². The smallest absolute Gasteiger partial charge is 0.277 e. The average molecular weight is 225 g/mol. The van der Waals surface area contributed by atoms with Crippen molar-refractivity contribution in [2.75, 3.05) is 23.0 Å². The van der Waals surface area contributed by atoms with Crippen LogP contribution in [0.1, 0.15) is 13.8 Å². The maximum absolute atomic E-state index is 11.6. The van der Waals surface area contributed by atoms with Gasteiger partial charge in [0.15, 0.2) is 5.82 Å². The number of nitrogens with two attached hydrogens (primary N) is 1. The van der Waals surface area contributed by atoms with Gasteiger partial charge < -0.3 is 21.5 Å². The van der Waals surface area contributed by atoms with E-state index >= 15 is 0 Å². The number of aliphatic hydroxyl groups is 1. The van der Waals surface area contributed by atoms with Crippen molar-refractivity contribution in [2.24, 2.45) is 0 Å². The molecule has 2 atom stereocenters. The molecule has 1 aliphatic rings. The highest BCUT2D eigenvalue weighted by molar-refractivity contribution is 5.69. The summed E-state index contributed by atoms with van der Waals surface area (Å²) in [5, 5.41) is 15.4. The highest BCUT2D eigenvalue weighted by Gasteiger charge is 2.37. The number of anilines is 3. The van der Waals surface area contributed by atoms with Gasteiger partial charge >= 0.3 is 0 Å². The molecule has 0 radical (unpaired) electrons. The lowest BCUT2D eigenvalue weighted by atomic mass is 9.92. The number of H-pyrrole nitrogens is 1. The van der Waals surface area contributed by atoms with E-state index in [1.165, 1.54) is 0 Å². The van der Waals surface area contributed by atoms with Crippen LogP contribution in [0.3, 0.4) is 0 Å². The molecule has 2 heterocycles. The van der Waals surface area contributed by atoms with Gasteiger partial charge in [0.1, 0.15) is 5.69 Å². The fourth-order valence-corrected chi connectivity index (χ4v) is 1.65. The van der Waals surface area contributed by atoms with Gasteiger partial charge in [-0.3, -0.25) is 9.78 Å². The van der Waals surface area contributed by atoms with E-state index in [1.54, 1.807) is 0 Å². The zero-order valence-corrected chi connectivity index (χ0v) is 9.16. The summed E-state index contributed by atoms with van der Waals surface area (Å²) in [6.45, 7) is 3.64. The molecule has 0 saturated heterocycles. The highest BCUT2D eigenvalue weighted by atomic mass is 16.3. The van der Waals surface area contributed by atoms with Crippen LogP contribution in [0.5, 0.6) is 0 Å². The highest BCUT2D eigenvalue weighted by Crippen LogP contribution is 2.29. The molecular weight excluding hydrogens is 210 g/mol. The molecule has 1 aliphatic heterocycles. The molecule has 1 aromatic heterocycles. The van der Waals surface area contributed by atoms with E-state index in [-0.39, 0.29) is 24.2 Å². The molecule has 7 heteroatoms. The molecular formula is C9H15N5O2. The van der Waals surface area contributed by atoms with Gasteiger partial charge in [-0.25, -0.2) is 0 Å². The third-order valence-corrected chi connectivity index (χ3v) is 2.99. The fourth-order valence-electron chi connectivity index (χ4n) is 1.65. The maximum Gasteiger partial charge on any atom is 0.277 e. The van der Waals surface area contributed by atoms with E-state index in [9.17, 15) is 9.90 Å². The summed E-state index contributed by atoms with van der Waals surface area (Å²) in [6.07, 6.45) is 0. The van der Waals surface area contributed by atoms with Crippen LogP contribution in [0, 0.1) is 0 Å². The van der Waals surface area contributed by atoms with Gasteiger partial charge in [-0.05, 0) is 13.8 Å². The number of fused-ring (bicyclic) bond motifs is 1. The second kappa shape index (κ2) is 3.38. The van der Waals surface area contributed by atoms with Crippen LogP contribution in [-0.2, 0) is 0 Å². The van der Waals surface area contributed by atoms with Gasteiger partial charge in [0, 0.05) is 6.04 Å². The molecule has 0 amide bonds. The van der Waals surface area contributed by atoms with Crippen LogP contribution in [0.25, 0.3) is 0 Å². The summed E-state index contributed by atoms with van der Waals surface area (Å²) in [5.41, 5.74) is 4.92. The summed E-state index contributed by atoms with van der Waals surface area (Å²) in [6, 6.07) is -0.100. The largest absolute Gasteiger partial charge is 0.394 e. The predicted molar refractivity (Wildman–Crippen MR) is 61.5 cm³/mol. The maximum atomic E-state index is 11.6. The zero-order chi connectivity index (χ0) is 11.9. The molecule has 0 spiro atoms. The Hall–Kier alpha value is -1.76. The van der Waals surface area contributed by atoms with E-state index in [2.05, 4.69) is 20.6 Å². The van der Waals surface area contributed by atoms with Gasteiger partial charge in [0.05, 0.1) is 12.1 Å². The fraction of sp³-hybridized carbons (Fsp3) is 0.556. The standard InChI is InChI=1S/C9H15N5O2/c1-4-9(2,3-15)14-6-5(11-4)7(16)13-8(10)12-6/h4,11,15H,3H2,1-2H3,(H4,10,12,13,14,16). The topological polar surface area (TPSA) is 116 Å². The number of hydrogen-bond donors (Lipinski definition) is 5. The number of aliphatic hydroxyl groups excluding tert-OH is 1. The minimum Gasteiger partial charge on any atom is -0.394 e. The van der Waals surface area contributed by atoms with E-state index < -0.39 is 5.54 Å². The lowest BCUT2D eigenvalue weighted by Crippen LogP contribution is -2.55. The molecule has 7 nitrogen and oxygen atoms in total. The van der Waals surface area contributed by atoms with Crippen molar-refractivity contribution in [3.05, 3.63) is 10.4 Å². The molecule has 0 bridgehead atoms. The number of rotatable bonds is 1. The van der Waals surface area contributed by atoms with Crippen molar-refractivity contribution in [3.8, 4) is 0 Å². The van der Waals surface area contributed by atoms with Crippen molar-refractivity contribution in [3.63, 3.8) is 0 Å². The van der Waals surface area contributed by atoms with E-state index in [1.807, 2.05) is 13.8 Å². The van der Waals surface area contributed by atoms with Gasteiger partial charge in [0.25, 0.3) is 5.56 Å². The second-order valence-corrected chi connectivity index (χ2v) is 4.24. The lowest BCUT2D eigenvalue weighted by Gasteiger charge is -2.40. The van der Waals surface area contributed by atoms with Gasteiger partial charge in [-0.1, -0.05) is 0 Å². The Morgan fingerprint density at radius 1 is 1.62 bits per heavy atom. The number of nitrogen functional groups attached to an aromatic ring is 1. The van der Waals surface area contributed by atoms with E-state index in [0.717, 1.165) is 0 Å². The minimum atomic E-state index is -0.569. The molecule has 0 fully saturated rings. The molecule has 2 unspecified atom stereocenters. The monoisotopic (exact) mass is 225 g/mol. The van der Waals surface area contributed by atoms with E-state index in [4.69, 9.17) is 5.73 Å². The zero-order valence-electron chi connectivity index (χ0n) is 9.16. The Morgan fingerprint density at radius 3 is 2.94 bits per heavy atom. The lowest BCUT2D eigenvalue weighted by molar-refractivity contribution is 0.208. The summed E-state index contributed by atoms with van der Waals surface area (Å²) >= 11 is 0. The number of nitrogens with one attached hydrogen (secondary N) is 3. The Balaban J connectivity index is 2.51. The first-order valence-electron chi connectivity index (χ1n) is 5.01.